The van der Waals surface area contributed by atoms with Gasteiger partial charge in [-0.1, -0.05) is 12.1 Å². The van der Waals surface area contributed by atoms with E-state index in [9.17, 15) is 0 Å². The molecule has 1 N–H and O–H groups in total. The molecule has 0 fully saturated rings. The van der Waals surface area contributed by atoms with Crippen LogP contribution in [0.3, 0.4) is 0 Å². The van der Waals surface area contributed by atoms with Gasteiger partial charge in [-0.15, -0.1) is 0 Å². The third kappa shape index (κ3) is 4.24. The van der Waals surface area contributed by atoms with Gasteiger partial charge in [0, 0.05) is 12.1 Å². The van der Waals surface area contributed by atoms with Gasteiger partial charge >= 0.3 is 0 Å². The molecule has 0 spiro atoms. The lowest BCUT2D eigenvalue weighted by Crippen LogP contribution is -2.01. The molecular formula is C20H22N4O4S. The number of para-hydroxylation sites is 1. The van der Waals surface area contributed by atoms with E-state index in [2.05, 4.69) is 15.3 Å². The van der Waals surface area contributed by atoms with Gasteiger partial charge < -0.3 is 18.9 Å². The summed E-state index contributed by atoms with van der Waals surface area (Å²) in [6, 6.07) is 11.1. The average molecular weight is 414 g/mol. The molecule has 0 aliphatic rings. The zero-order chi connectivity index (χ0) is 20.8. The van der Waals surface area contributed by atoms with E-state index in [1.54, 1.807) is 39.7 Å². The van der Waals surface area contributed by atoms with Crippen molar-refractivity contribution in [3.8, 4) is 34.4 Å². The lowest BCUT2D eigenvalue weighted by molar-refractivity contribution is 0.341. The molecule has 0 radical (unpaired) electrons. The van der Waals surface area contributed by atoms with Crippen molar-refractivity contribution >= 4 is 18.4 Å². The van der Waals surface area contributed by atoms with Gasteiger partial charge in [-0.05, 0) is 31.3 Å². The first-order valence-corrected chi connectivity index (χ1v) is 9.27. The molecule has 0 unspecified atom stereocenters. The Hall–Kier alpha value is -3.33. The Morgan fingerprint density at radius 2 is 1.76 bits per heavy atom. The van der Waals surface area contributed by atoms with Gasteiger partial charge in [-0.3, -0.25) is 0 Å². The maximum Gasteiger partial charge on any atom is 0.216 e. The molecule has 0 bridgehead atoms. The highest BCUT2D eigenvalue weighted by atomic mass is 32.1. The van der Waals surface area contributed by atoms with Crippen LogP contribution in [0, 0.1) is 4.77 Å². The summed E-state index contributed by atoms with van der Waals surface area (Å²) in [5, 5.41) is 11.6. The maximum atomic E-state index is 5.71. The molecule has 8 nitrogen and oxygen atoms in total. The minimum absolute atomic E-state index is 0.342. The highest BCUT2D eigenvalue weighted by Gasteiger charge is 2.15. The molecule has 0 aliphatic heterocycles. The van der Waals surface area contributed by atoms with Gasteiger partial charge in [0.15, 0.2) is 5.82 Å². The minimum atomic E-state index is 0.342. The van der Waals surface area contributed by atoms with Crippen LogP contribution >= 0.6 is 12.2 Å². The predicted molar refractivity (Wildman–Crippen MR) is 113 cm³/mol. The van der Waals surface area contributed by atoms with Crippen molar-refractivity contribution in [3.05, 3.63) is 46.7 Å². The largest absolute Gasteiger partial charge is 0.496 e. The molecule has 152 valence electrons. The molecule has 0 atom stereocenters. The van der Waals surface area contributed by atoms with Crippen LogP contribution in [-0.4, -0.2) is 49.0 Å². The quantitative estimate of drug-likeness (QED) is 0.444. The monoisotopic (exact) mass is 414 g/mol. The van der Waals surface area contributed by atoms with E-state index >= 15 is 0 Å². The topological polar surface area (TPSA) is 82.9 Å². The summed E-state index contributed by atoms with van der Waals surface area (Å²) in [4.78, 5) is 0. The Balaban J connectivity index is 2.09. The maximum absolute atomic E-state index is 5.71. The van der Waals surface area contributed by atoms with E-state index in [1.807, 2.05) is 31.2 Å². The zero-order valence-electron chi connectivity index (χ0n) is 16.6. The lowest BCUT2D eigenvalue weighted by Gasteiger charge is -2.12. The summed E-state index contributed by atoms with van der Waals surface area (Å²) in [6.45, 7) is 2.46. The Kier molecular flexibility index (Phi) is 6.50. The Morgan fingerprint density at radius 3 is 2.38 bits per heavy atom. The number of hydrogen-bond donors (Lipinski definition) is 1. The van der Waals surface area contributed by atoms with Crippen LogP contribution < -0.4 is 18.9 Å². The molecule has 29 heavy (non-hydrogen) atoms. The van der Waals surface area contributed by atoms with Crippen LogP contribution in [0.4, 0.5) is 0 Å². The summed E-state index contributed by atoms with van der Waals surface area (Å²) in [6.07, 6.45) is 1.61. The van der Waals surface area contributed by atoms with E-state index in [-0.39, 0.29) is 0 Å². The highest BCUT2D eigenvalue weighted by molar-refractivity contribution is 7.71. The number of rotatable bonds is 8. The number of nitrogens with zero attached hydrogens (tertiary/aromatic N) is 3. The number of aromatic amines is 1. The summed E-state index contributed by atoms with van der Waals surface area (Å²) in [7, 11) is 4.71. The molecular weight excluding hydrogens is 392 g/mol. The van der Waals surface area contributed by atoms with Crippen LogP contribution in [0.25, 0.3) is 11.4 Å². The van der Waals surface area contributed by atoms with Gasteiger partial charge in [-0.25, -0.2) is 5.10 Å². The normalized spacial score (nSPS) is 10.9. The highest BCUT2D eigenvalue weighted by Crippen LogP contribution is 2.33. The van der Waals surface area contributed by atoms with Crippen LogP contribution in [0.15, 0.2) is 41.5 Å². The second kappa shape index (κ2) is 9.24. The van der Waals surface area contributed by atoms with Crippen molar-refractivity contribution in [3.63, 3.8) is 0 Å². The van der Waals surface area contributed by atoms with Gasteiger partial charge in [0.1, 0.15) is 23.0 Å². The van der Waals surface area contributed by atoms with E-state index in [0.717, 1.165) is 5.56 Å². The van der Waals surface area contributed by atoms with E-state index < -0.39 is 0 Å². The van der Waals surface area contributed by atoms with Gasteiger partial charge in [0.05, 0.1) is 45.3 Å². The number of benzene rings is 2. The van der Waals surface area contributed by atoms with Gasteiger partial charge in [-0.2, -0.15) is 14.9 Å². The van der Waals surface area contributed by atoms with Crippen molar-refractivity contribution in [1.29, 1.82) is 0 Å². The number of ether oxygens (including phenoxy) is 4. The summed E-state index contributed by atoms with van der Waals surface area (Å²) in [5.41, 5.74) is 1.41. The van der Waals surface area contributed by atoms with Gasteiger partial charge in [0.25, 0.3) is 0 Å². The first kappa shape index (κ1) is 20.4. The molecule has 0 saturated heterocycles. The SMILES string of the molecule is CCOc1ccccc1-c1n[nH]c(=S)n1/N=C\c1c(OC)cc(OC)cc1OC. The fourth-order valence-electron chi connectivity index (χ4n) is 2.78. The Morgan fingerprint density at radius 1 is 1.07 bits per heavy atom. The molecule has 1 aromatic heterocycles. The van der Waals surface area contributed by atoms with Crippen LogP contribution in [0.1, 0.15) is 12.5 Å². The third-order valence-electron chi connectivity index (χ3n) is 4.13. The van der Waals surface area contributed by atoms with Crippen molar-refractivity contribution < 1.29 is 18.9 Å². The lowest BCUT2D eigenvalue weighted by atomic mass is 10.2. The molecule has 9 heteroatoms. The Bertz CT molecular complexity index is 1050. The second-order valence-corrected chi connectivity index (χ2v) is 6.17. The minimum Gasteiger partial charge on any atom is -0.496 e. The van der Waals surface area contributed by atoms with Crippen LogP contribution in [0.2, 0.25) is 0 Å². The average Bonchev–Trinajstić information content (AvgIpc) is 3.12. The summed E-state index contributed by atoms with van der Waals surface area (Å²) >= 11 is 5.37. The van der Waals surface area contributed by atoms with Gasteiger partial charge in [0.2, 0.25) is 4.77 Å². The number of hydrogen-bond acceptors (Lipinski definition) is 7. The number of nitrogens with one attached hydrogen (secondary N) is 1. The first-order chi connectivity index (χ1) is 14.1. The number of methoxy groups -OCH3 is 3. The Labute approximate surface area is 173 Å². The molecule has 0 amide bonds. The fraction of sp³-hybridized carbons (Fsp3) is 0.250. The molecule has 3 rings (SSSR count). The number of H-pyrrole nitrogens is 1. The molecule has 0 aliphatic carbocycles. The smallest absolute Gasteiger partial charge is 0.216 e. The van der Waals surface area contributed by atoms with Crippen molar-refractivity contribution in [2.75, 3.05) is 27.9 Å². The zero-order valence-corrected chi connectivity index (χ0v) is 17.4. The molecule has 0 saturated carbocycles. The first-order valence-electron chi connectivity index (χ1n) is 8.86. The van der Waals surface area contributed by atoms with Crippen molar-refractivity contribution in [1.82, 2.24) is 14.9 Å². The predicted octanol–water partition coefficient (Wildman–Crippen LogP) is 3.91. The van der Waals surface area contributed by atoms with E-state index in [4.69, 9.17) is 31.2 Å². The second-order valence-electron chi connectivity index (χ2n) is 5.78. The standard InChI is InChI=1S/C20H22N4O4S/c1-5-28-16-9-7-6-8-14(16)19-22-23-20(29)24(19)21-12-15-17(26-3)10-13(25-2)11-18(15)27-4/h6-12H,5H2,1-4H3,(H,23,29)/b21-12-. The van der Waals surface area contributed by atoms with E-state index in [0.29, 0.717) is 45.8 Å². The molecule has 2 aromatic carbocycles. The third-order valence-corrected chi connectivity index (χ3v) is 4.40. The summed E-state index contributed by atoms with van der Waals surface area (Å²) < 4.78 is 23.8. The molecule has 3 aromatic rings. The van der Waals surface area contributed by atoms with E-state index in [1.165, 1.54) is 4.68 Å². The van der Waals surface area contributed by atoms with Crippen LogP contribution in [0.5, 0.6) is 23.0 Å². The van der Waals surface area contributed by atoms with Crippen molar-refractivity contribution in [2.24, 2.45) is 5.10 Å². The van der Waals surface area contributed by atoms with Crippen molar-refractivity contribution in [2.45, 2.75) is 6.92 Å². The molecule has 1 heterocycles. The summed E-state index contributed by atoms with van der Waals surface area (Å²) in [5.74, 6) is 2.94. The fourth-order valence-corrected chi connectivity index (χ4v) is 2.96. The van der Waals surface area contributed by atoms with Crippen LogP contribution in [-0.2, 0) is 0 Å². The number of aromatic nitrogens is 3.